The first-order valence-electron chi connectivity index (χ1n) is 8.60. The number of ketones is 1. The molecule has 0 unspecified atom stereocenters. The molecule has 5 nitrogen and oxygen atoms in total. The summed E-state index contributed by atoms with van der Waals surface area (Å²) in [6.07, 6.45) is 5.69. The van der Waals surface area contributed by atoms with Crippen molar-refractivity contribution in [2.45, 2.75) is 20.8 Å². The first-order valence-corrected chi connectivity index (χ1v) is 9.48. The van der Waals surface area contributed by atoms with E-state index < -0.39 is 0 Å². The molecule has 0 aliphatic carbocycles. The number of Topliss-reactive ketones (excluding diaryl/α,β-unsaturated/α-hetero) is 1. The largest absolute Gasteiger partial charge is 0.493 e. The standard InChI is InChI=1S/C21H22N2O3S/c1-5-6-16-7-8-19(20(12-16)25-4)26-13-18(24)17-11-14(2)23(15(17)3)21-22-9-10-27-21/h5-12H,13H2,1-4H3/b6-5+. The van der Waals surface area contributed by atoms with Crippen LogP contribution in [0.5, 0.6) is 11.5 Å². The molecule has 0 atom stereocenters. The Kier molecular flexibility index (Phi) is 5.76. The highest BCUT2D eigenvalue weighted by molar-refractivity contribution is 7.12. The molecule has 2 aromatic heterocycles. The van der Waals surface area contributed by atoms with Crippen molar-refractivity contribution in [3.63, 3.8) is 0 Å². The summed E-state index contributed by atoms with van der Waals surface area (Å²) in [5, 5.41) is 2.77. The molecule has 2 heterocycles. The van der Waals surface area contributed by atoms with Gasteiger partial charge in [0.25, 0.3) is 0 Å². The lowest BCUT2D eigenvalue weighted by Crippen LogP contribution is -2.13. The van der Waals surface area contributed by atoms with Gasteiger partial charge in [0.2, 0.25) is 5.78 Å². The van der Waals surface area contributed by atoms with Crippen LogP contribution in [0.2, 0.25) is 0 Å². The van der Waals surface area contributed by atoms with Crippen molar-refractivity contribution in [1.29, 1.82) is 0 Å². The van der Waals surface area contributed by atoms with Gasteiger partial charge in [0.1, 0.15) is 0 Å². The highest BCUT2D eigenvalue weighted by atomic mass is 32.1. The molecular formula is C21H22N2O3S. The van der Waals surface area contributed by atoms with Crippen molar-refractivity contribution in [3.8, 4) is 16.6 Å². The minimum atomic E-state index is -0.0783. The number of aryl methyl sites for hydroxylation is 1. The maximum absolute atomic E-state index is 12.7. The van der Waals surface area contributed by atoms with Gasteiger partial charge in [-0.25, -0.2) is 4.98 Å². The van der Waals surface area contributed by atoms with Gasteiger partial charge in [-0.15, -0.1) is 11.3 Å². The molecule has 0 radical (unpaired) electrons. The van der Waals surface area contributed by atoms with Crippen LogP contribution >= 0.6 is 11.3 Å². The molecule has 0 bridgehead atoms. The minimum Gasteiger partial charge on any atom is -0.493 e. The average Bonchev–Trinajstić information content (AvgIpc) is 3.28. The van der Waals surface area contributed by atoms with Gasteiger partial charge in [0.05, 0.1) is 7.11 Å². The predicted molar refractivity (Wildman–Crippen MR) is 108 cm³/mol. The number of hydrogen-bond acceptors (Lipinski definition) is 5. The minimum absolute atomic E-state index is 0.0541. The maximum Gasteiger partial charge on any atom is 0.202 e. The Bertz CT molecular complexity index is 972. The highest BCUT2D eigenvalue weighted by Crippen LogP contribution is 2.29. The number of nitrogens with zero attached hydrogens (tertiary/aromatic N) is 2. The van der Waals surface area contributed by atoms with Crippen molar-refractivity contribution in [3.05, 3.63) is 64.4 Å². The first-order chi connectivity index (χ1) is 13.0. The van der Waals surface area contributed by atoms with Gasteiger partial charge in [-0.2, -0.15) is 0 Å². The highest BCUT2D eigenvalue weighted by Gasteiger charge is 2.18. The Morgan fingerprint density at radius 3 is 2.74 bits per heavy atom. The Balaban J connectivity index is 1.78. The topological polar surface area (TPSA) is 53.4 Å². The number of carbonyl (C=O) groups is 1. The zero-order chi connectivity index (χ0) is 19.4. The number of methoxy groups -OCH3 is 1. The normalized spacial score (nSPS) is 11.1. The smallest absolute Gasteiger partial charge is 0.202 e. The Morgan fingerprint density at radius 1 is 1.26 bits per heavy atom. The quantitative estimate of drug-likeness (QED) is 0.548. The average molecular weight is 382 g/mol. The number of aromatic nitrogens is 2. The van der Waals surface area contributed by atoms with Crippen LogP contribution in [0.3, 0.4) is 0 Å². The van der Waals surface area contributed by atoms with Crippen LogP contribution in [0.1, 0.15) is 34.2 Å². The van der Waals surface area contributed by atoms with E-state index in [9.17, 15) is 4.79 Å². The lowest BCUT2D eigenvalue weighted by atomic mass is 10.1. The summed E-state index contributed by atoms with van der Waals surface area (Å²) >= 11 is 1.54. The van der Waals surface area contributed by atoms with Crippen molar-refractivity contribution in [1.82, 2.24) is 9.55 Å². The van der Waals surface area contributed by atoms with Crippen LogP contribution in [0.4, 0.5) is 0 Å². The van der Waals surface area contributed by atoms with Crippen LogP contribution in [-0.2, 0) is 0 Å². The van der Waals surface area contributed by atoms with Crippen LogP contribution in [0.15, 0.2) is 41.9 Å². The molecule has 1 aromatic carbocycles. The van der Waals surface area contributed by atoms with Crippen molar-refractivity contribution < 1.29 is 14.3 Å². The molecule has 0 spiro atoms. The number of ether oxygens (including phenoxy) is 2. The lowest BCUT2D eigenvalue weighted by Gasteiger charge is -2.11. The fourth-order valence-electron chi connectivity index (χ4n) is 2.99. The summed E-state index contributed by atoms with van der Waals surface area (Å²) in [5.41, 5.74) is 3.50. The van der Waals surface area contributed by atoms with Crippen molar-refractivity contribution in [2.75, 3.05) is 13.7 Å². The summed E-state index contributed by atoms with van der Waals surface area (Å²) in [7, 11) is 1.59. The molecule has 0 saturated heterocycles. The van der Waals surface area contributed by atoms with E-state index >= 15 is 0 Å². The summed E-state index contributed by atoms with van der Waals surface area (Å²) in [6.45, 7) is 5.79. The van der Waals surface area contributed by atoms with E-state index in [2.05, 4.69) is 4.98 Å². The zero-order valence-corrected chi connectivity index (χ0v) is 16.7. The summed E-state index contributed by atoms with van der Waals surface area (Å²) < 4.78 is 13.1. The lowest BCUT2D eigenvalue weighted by molar-refractivity contribution is 0.0919. The summed E-state index contributed by atoms with van der Waals surface area (Å²) in [4.78, 5) is 17.1. The molecule has 27 heavy (non-hydrogen) atoms. The maximum atomic E-state index is 12.7. The third kappa shape index (κ3) is 3.95. The Hall–Kier alpha value is -2.86. The molecule has 140 valence electrons. The molecule has 0 aliphatic heterocycles. The molecule has 0 fully saturated rings. The first kappa shape index (κ1) is 18.9. The SMILES string of the molecule is C/C=C/c1ccc(OCC(=O)c2cc(C)n(-c3nccs3)c2C)c(OC)c1. The predicted octanol–water partition coefficient (Wildman–Crippen LogP) is 4.85. The fraction of sp³-hybridized carbons (Fsp3) is 0.238. The third-order valence-corrected chi connectivity index (χ3v) is 5.00. The van der Waals surface area contributed by atoms with Gasteiger partial charge in [0.15, 0.2) is 23.2 Å². The van der Waals surface area contributed by atoms with E-state index in [4.69, 9.17) is 9.47 Å². The molecule has 0 aliphatic rings. The second-order valence-corrected chi connectivity index (χ2v) is 6.93. The van der Waals surface area contributed by atoms with E-state index in [0.717, 1.165) is 22.1 Å². The molecule has 0 saturated carbocycles. The molecule has 3 aromatic rings. The van der Waals surface area contributed by atoms with E-state index in [1.54, 1.807) is 13.3 Å². The van der Waals surface area contributed by atoms with E-state index in [1.807, 2.05) is 67.1 Å². The monoisotopic (exact) mass is 382 g/mol. The fourth-order valence-corrected chi connectivity index (χ4v) is 3.74. The molecule has 0 N–H and O–H groups in total. The van der Waals surface area contributed by atoms with E-state index in [0.29, 0.717) is 17.1 Å². The second kappa shape index (κ2) is 8.22. The van der Waals surface area contributed by atoms with Crippen LogP contribution < -0.4 is 9.47 Å². The number of rotatable bonds is 7. The molecule has 0 amide bonds. The second-order valence-electron chi connectivity index (χ2n) is 6.06. The van der Waals surface area contributed by atoms with Crippen LogP contribution in [0, 0.1) is 13.8 Å². The number of allylic oxidation sites excluding steroid dienone is 1. The van der Waals surface area contributed by atoms with Gasteiger partial charge in [-0.3, -0.25) is 9.36 Å². The van der Waals surface area contributed by atoms with Gasteiger partial charge < -0.3 is 9.47 Å². The van der Waals surface area contributed by atoms with Gasteiger partial charge in [0, 0.05) is 28.5 Å². The van der Waals surface area contributed by atoms with Crippen LogP contribution in [-0.4, -0.2) is 29.1 Å². The van der Waals surface area contributed by atoms with Gasteiger partial charge in [-0.05, 0) is 44.5 Å². The number of thiazole rings is 1. The van der Waals surface area contributed by atoms with E-state index in [1.165, 1.54) is 11.3 Å². The van der Waals surface area contributed by atoms with Gasteiger partial charge in [-0.1, -0.05) is 18.2 Å². The Morgan fingerprint density at radius 2 is 2.07 bits per heavy atom. The summed E-state index contributed by atoms with van der Waals surface area (Å²) in [5.74, 6) is 1.07. The molecular weight excluding hydrogens is 360 g/mol. The Labute approximate surface area is 162 Å². The van der Waals surface area contributed by atoms with Gasteiger partial charge >= 0.3 is 0 Å². The summed E-state index contributed by atoms with van der Waals surface area (Å²) in [6, 6.07) is 7.51. The third-order valence-electron chi connectivity index (χ3n) is 4.25. The van der Waals surface area contributed by atoms with E-state index in [-0.39, 0.29) is 12.4 Å². The number of carbonyl (C=O) groups excluding carboxylic acids is 1. The number of hydrogen-bond donors (Lipinski definition) is 0. The van der Waals surface area contributed by atoms with Crippen LogP contribution in [0.25, 0.3) is 11.2 Å². The zero-order valence-electron chi connectivity index (χ0n) is 15.9. The number of benzene rings is 1. The molecule has 6 heteroatoms. The molecule has 3 rings (SSSR count). The van der Waals surface area contributed by atoms with Crippen molar-refractivity contribution in [2.24, 2.45) is 0 Å². The van der Waals surface area contributed by atoms with Crippen molar-refractivity contribution >= 4 is 23.2 Å².